The second kappa shape index (κ2) is 6.58. The number of pyridine rings is 2. The van der Waals surface area contributed by atoms with Crippen molar-refractivity contribution in [3.05, 3.63) is 64.5 Å². The lowest BCUT2D eigenvalue weighted by Crippen LogP contribution is -2.48. The molecule has 0 saturated carbocycles. The van der Waals surface area contributed by atoms with Crippen molar-refractivity contribution in [2.75, 3.05) is 18.0 Å². The molecule has 148 valence electrons. The SMILES string of the molecule is Cn1ccnc1-c1ccc2n(c1=O)C[C@H]1C[C@@H]2CN(c2ncccc2C(N)=O)C1. The van der Waals surface area contributed by atoms with Gasteiger partial charge in [-0.05, 0) is 36.6 Å². The Morgan fingerprint density at radius 3 is 2.76 bits per heavy atom. The minimum absolute atomic E-state index is 0.00983. The summed E-state index contributed by atoms with van der Waals surface area (Å²) in [5, 5.41) is 0. The zero-order valence-corrected chi connectivity index (χ0v) is 16.2. The Balaban J connectivity index is 1.53. The number of hydrogen-bond donors (Lipinski definition) is 1. The average molecular weight is 390 g/mol. The first kappa shape index (κ1) is 17.7. The molecule has 0 aromatic carbocycles. The van der Waals surface area contributed by atoms with Gasteiger partial charge >= 0.3 is 0 Å². The van der Waals surface area contributed by atoms with Gasteiger partial charge in [-0.1, -0.05) is 0 Å². The van der Waals surface area contributed by atoms with E-state index in [4.69, 9.17) is 5.73 Å². The van der Waals surface area contributed by atoms with E-state index in [1.54, 1.807) is 24.5 Å². The Morgan fingerprint density at radius 1 is 1.14 bits per heavy atom. The fraction of sp³-hybridized carbons (Fsp3) is 0.333. The number of fused-ring (bicyclic) bond motifs is 4. The molecule has 1 fully saturated rings. The lowest BCUT2D eigenvalue weighted by atomic mass is 9.82. The van der Waals surface area contributed by atoms with Crippen molar-refractivity contribution < 1.29 is 4.79 Å². The molecule has 0 aliphatic carbocycles. The second-order valence-corrected chi connectivity index (χ2v) is 7.89. The molecule has 0 unspecified atom stereocenters. The van der Waals surface area contributed by atoms with Crippen molar-refractivity contribution >= 4 is 11.7 Å². The Bertz CT molecular complexity index is 1160. The molecule has 8 nitrogen and oxygen atoms in total. The number of primary amides is 1. The van der Waals surface area contributed by atoms with Crippen molar-refractivity contribution in [2.45, 2.75) is 18.9 Å². The van der Waals surface area contributed by atoms with Gasteiger partial charge in [-0.3, -0.25) is 9.59 Å². The smallest absolute Gasteiger partial charge is 0.261 e. The van der Waals surface area contributed by atoms with Crippen LogP contribution in [0.25, 0.3) is 11.4 Å². The maximum Gasteiger partial charge on any atom is 0.261 e. The predicted octanol–water partition coefficient (Wildman–Crippen LogP) is 1.37. The molecule has 2 aliphatic rings. The quantitative estimate of drug-likeness (QED) is 0.728. The van der Waals surface area contributed by atoms with Gasteiger partial charge < -0.3 is 19.8 Å². The maximum absolute atomic E-state index is 13.2. The third-order valence-electron chi connectivity index (χ3n) is 6.02. The van der Waals surface area contributed by atoms with E-state index in [1.165, 1.54) is 0 Å². The molecule has 5 heterocycles. The van der Waals surface area contributed by atoms with Gasteiger partial charge in [0.25, 0.3) is 11.5 Å². The van der Waals surface area contributed by atoms with E-state index in [1.807, 2.05) is 34.5 Å². The summed E-state index contributed by atoms with van der Waals surface area (Å²) in [7, 11) is 1.89. The summed E-state index contributed by atoms with van der Waals surface area (Å²) in [6, 6.07) is 7.36. The number of imidazole rings is 1. The number of amides is 1. The first-order valence-electron chi connectivity index (χ1n) is 9.74. The topological polar surface area (TPSA) is 99.0 Å². The number of carbonyl (C=O) groups excluding carboxylic acids is 1. The number of nitrogens with zero attached hydrogens (tertiary/aromatic N) is 5. The zero-order valence-electron chi connectivity index (χ0n) is 16.2. The molecular weight excluding hydrogens is 368 g/mol. The third-order valence-corrected chi connectivity index (χ3v) is 6.02. The van der Waals surface area contributed by atoms with Gasteiger partial charge in [0.2, 0.25) is 0 Å². The normalized spacial score (nSPS) is 20.4. The highest BCUT2D eigenvalue weighted by molar-refractivity contribution is 5.97. The molecule has 1 amide bonds. The molecule has 29 heavy (non-hydrogen) atoms. The fourth-order valence-corrected chi connectivity index (χ4v) is 4.76. The number of rotatable bonds is 3. The van der Waals surface area contributed by atoms with Crippen molar-refractivity contribution in [3.63, 3.8) is 0 Å². The monoisotopic (exact) mass is 390 g/mol. The van der Waals surface area contributed by atoms with Crippen LogP contribution in [-0.2, 0) is 13.6 Å². The Labute approximate surface area is 167 Å². The van der Waals surface area contributed by atoms with E-state index in [9.17, 15) is 9.59 Å². The van der Waals surface area contributed by atoms with Crippen LogP contribution in [0.4, 0.5) is 5.82 Å². The number of aryl methyl sites for hydroxylation is 1. The molecule has 3 aromatic rings. The summed E-state index contributed by atoms with van der Waals surface area (Å²) in [4.78, 5) is 35.9. The van der Waals surface area contributed by atoms with Crippen molar-refractivity contribution in [2.24, 2.45) is 18.7 Å². The van der Waals surface area contributed by atoms with Crippen LogP contribution >= 0.6 is 0 Å². The zero-order chi connectivity index (χ0) is 20.1. The predicted molar refractivity (Wildman–Crippen MR) is 109 cm³/mol. The lowest BCUT2D eigenvalue weighted by molar-refractivity contribution is 0.1000. The van der Waals surface area contributed by atoms with Crippen LogP contribution in [0.3, 0.4) is 0 Å². The minimum atomic E-state index is -0.472. The summed E-state index contributed by atoms with van der Waals surface area (Å²) in [5.41, 5.74) is 7.66. The highest BCUT2D eigenvalue weighted by Crippen LogP contribution is 2.37. The summed E-state index contributed by atoms with van der Waals surface area (Å²) >= 11 is 0. The van der Waals surface area contributed by atoms with Gasteiger partial charge in [0.1, 0.15) is 11.6 Å². The molecular formula is C21H22N6O2. The van der Waals surface area contributed by atoms with Gasteiger partial charge in [-0.25, -0.2) is 9.97 Å². The number of anilines is 1. The van der Waals surface area contributed by atoms with Crippen LogP contribution in [0.5, 0.6) is 0 Å². The average Bonchev–Trinajstić information content (AvgIpc) is 3.14. The van der Waals surface area contributed by atoms with E-state index in [0.29, 0.717) is 41.8 Å². The molecule has 8 heteroatoms. The number of carbonyl (C=O) groups is 1. The Morgan fingerprint density at radius 2 is 2.00 bits per heavy atom. The first-order valence-corrected chi connectivity index (χ1v) is 9.74. The van der Waals surface area contributed by atoms with Crippen molar-refractivity contribution in [3.8, 4) is 11.4 Å². The number of hydrogen-bond acceptors (Lipinski definition) is 5. The van der Waals surface area contributed by atoms with Gasteiger partial charge in [0.05, 0.1) is 11.1 Å². The van der Waals surface area contributed by atoms with Crippen LogP contribution in [0.2, 0.25) is 0 Å². The van der Waals surface area contributed by atoms with E-state index in [2.05, 4.69) is 14.9 Å². The summed E-state index contributed by atoms with van der Waals surface area (Å²) in [6.07, 6.45) is 6.25. The van der Waals surface area contributed by atoms with E-state index in [0.717, 1.165) is 18.7 Å². The summed E-state index contributed by atoms with van der Waals surface area (Å²) in [6.45, 7) is 2.10. The Hall–Kier alpha value is -3.42. The molecule has 0 spiro atoms. The summed E-state index contributed by atoms with van der Waals surface area (Å²) < 4.78 is 3.77. The molecule has 5 rings (SSSR count). The third kappa shape index (κ3) is 2.83. The fourth-order valence-electron chi connectivity index (χ4n) is 4.76. The van der Waals surface area contributed by atoms with E-state index in [-0.39, 0.29) is 11.5 Å². The number of nitrogens with two attached hydrogens (primary N) is 1. The van der Waals surface area contributed by atoms with E-state index >= 15 is 0 Å². The molecule has 0 radical (unpaired) electrons. The van der Waals surface area contributed by atoms with Gasteiger partial charge in [-0.2, -0.15) is 0 Å². The van der Waals surface area contributed by atoms with Crippen molar-refractivity contribution in [1.82, 2.24) is 19.1 Å². The van der Waals surface area contributed by atoms with Gasteiger partial charge in [-0.15, -0.1) is 0 Å². The molecule has 2 aliphatic heterocycles. The molecule has 1 saturated heterocycles. The first-order chi connectivity index (χ1) is 14.0. The van der Waals surface area contributed by atoms with Crippen LogP contribution in [-0.4, -0.2) is 38.1 Å². The van der Waals surface area contributed by atoms with Crippen LogP contribution in [0.15, 0.2) is 47.7 Å². The van der Waals surface area contributed by atoms with Crippen LogP contribution < -0.4 is 16.2 Å². The largest absolute Gasteiger partial charge is 0.365 e. The number of piperidine rings is 1. The molecule has 3 aromatic heterocycles. The highest BCUT2D eigenvalue weighted by Gasteiger charge is 2.36. The van der Waals surface area contributed by atoms with Gasteiger partial charge in [0.15, 0.2) is 0 Å². The molecule has 2 bridgehead atoms. The molecule has 2 N–H and O–H groups in total. The number of aromatic nitrogens is 4. The molecule has 2 atom stereocenters. The van der Waals surface area contributed by atoms with E-state index < -0.39 is 5.91 Å². The van der Waals surface area contributed by atoms with Crippen LogP contribution in [0, 0.1) is 5.92 Å². The van der Waals surface area contributed by atoms with Gasteiger partial charge in [0, 0.05) is 56.9 Å². The minimum Gasteiger partial charge on any atom is -0.365 e. The van der Waals surface area contributed by atoms with Crippen LogP contribution in [0.1, 0.15) is 28.4 Å². The highest BCUT2D eigenvalue weighted by atomic mass is 16.1. The maximum atomic E-state index is 13.2. The van der Waals surface area contributed by atoms with Crippen molar-refractivity contribution in [1.29, 1.82) is 0 Å². The second-order valence-electron chi connectivity index (χ2n) is 7.89. The summed E-state index contributed by atoms with van der Waals surface area (Å²) in [5.74, 6) is 1.35. The standard InChI is InChI=1S/C21H22N6O2/c1-25-8-7-24-19(25)16-4-5-17-14-9-13(11-27(17)21(16)29)10-26(12-14)20-15(18(22)28)3-2-6-23-20/h2-8,13-14H,9-12H2,1H3,(H2,22,28)/t13-,14+/m0/s1. The lowest BCUT2D eigenvalue weighted by Gasteiger charge is -2.43. The Kier molecular flexibility index (Phi) is 4.01.